The molecular formula is C23H29N5O9S2. The standard InChI is InChI=1S/C23H29N5O9S2/c1-5-6-12(13-8-38-21(24)26-13)16(29)27-14-17(30)28-15(19(31)36-10-37-20(32)23(2,3)4)11(7-35-22(25)33)9-39(34)18(14)28/h6,8,14,18H,5,7,9-10H2,1-4H3,(H2,24,26)(H2,25,33)(H,27,29)/b12-6-/t14-,18-,39?/m1/s1. The largest absolute Gasteiger partial charge is 0.614 e. The highest BCUT2D eigenvalue weighted by atomic mass is 32.2. The molecule has 1 aromatic rings. The normalized spacial score (nSPS) is 21.1. The van der Waals surface area contributed by atoms with Crippen molar-refractivity contribution in [3.63, 3.8) is 0 Å². The van der Waals surface area contributed by atoms with Crippen molar-refractivity contribution in [2.75, 3.05) is 24.9 Å². The molecule has 0 saturated carbocycles. The van der Waals surface area contributed by atoms with E-state index < -0.39 is 71.3 Å². The zero-order chi connectivity index (χ0) is 29.1. The van der Waals surface area contributed by atoms with E-state index in [-0.39, 0.29) is 27.7 Å². The smallest absolute Gasteiger partial charge is 0.404 e. The number of amides is 3. The average Bonchev–Trinajstić information content (AvgIpc) is 3.28. The SMILES string of the molecule is CC/C=C(\C(=O)N[C@@H]1C(=O)N2C(C(=O)OCOC(=O)C(C)(C)C)=C(COC(N)=O)C[S+]([O-])[C@H]12)c1csc(N)n1. The first-order valence-corrected chi connectivity index (χ1v) is 13.9. The third-order valence-corrected chi connectivity index (χ3v) is 7.85. The van der Waals surface area contributed by atoms with Crippen LogP contribution in [0.3, 0.4) is 0 Å². The third-order valence-electron chi connectivity index (χ3n) is 5.52. The lowest BCUT2D eigenvalue weighted by Gasteiger charge is -2.49. The zero-order valence-corrected chi connectivity index (χ0v) is 23.3. The molecule has 5 N–H and O–H groups in total. The van der Waals surface area contributed by atoms with E-state index in [0.717, 1.165) is 16.2 Å². The second-order valence-electron chi connectivity index (χ2n) is 9.46. The van der Waals surface area contributed by atoms with Gasteiger partial charge in [0.05, 0.1) is 16.7 Å². The van der Waals surface area contributed by atoms with Crippen LogP contribution in [0.2, 0.25) is 0 Å². The summed E-state index contributed by atoms with van der Waals surface area (Å²) in [6.45, 7) is 5.36. The number of hydrogen-bond acceptors (Lipinski definition) is 12. The van der Waals surface area contributed by atoms with Gasteiger partial charge in [0.2, 0.25) is 12.2 Å². The summed E-state index contributed by atoms with van der Waals surface area (Å²) in [5.74, 6) is -3.37. The third kappa shape index (κ3) is 6.69. The molecule has 14 nitrogen and oxygen atoms in total. The minimum atomic E-state index is -1.81. The van der Waals surface area contributed by atoms with Crippen LogP contribution >= 0.6 is 11.3 Å². The van der Waals surface area contributed by atoms with Crippen LogP contribution in [0.25, 0.3) is 5.57 Å². The van der Waals surface area contributed by atoms with Crippen LogP contribution in [0.15, 0.2) is 22.7 Å². The molecule has 2 aliphatic rings. The van der Waals surface area contributed by atoms with Gasteiger partial charge in [0.1, 0.15) is 18.1 Å². The Morgan fingerprint density at radius 3 is 2.54 bits per heavy atom. The lowest BCUT2D eigenvalue weighted by molar-refractivity contribution is -0.173. The fraction of sp³-hybridized carbons (Fsp3) is 0.478. The van der Waals surface area contributed by atoms with Gasteiger partial charge in [-0.2, -0.15) is 0 Å². The van der Waals surface area contributed by atoms with Gasteiger partial charge in [0.25, 0.3) is 11.8 Å². The summed E-state index contributed by atoms with van der Waals surface area (Å²) in [6.07, 6.45) is 0.950. The molecule has 3 rings (SSSR count). The first-order valence-electron chi connectivity index (χ1n) is 11.7. The van der Waals surface area contributed by atoms with Crippen molar-refractivity contribution < 1.29 is 42.7 Å². The number of β-lactam (4-membered cyclic amide) rings is 1. The molecule has 3 amide bonds. The first kappa shape index (κ1) is 29.9. The number of fused-ring (bicyclic) bond motifs is 1. The number of esters is 2. The number of primary amides is 1. The maximum Gasteiger partial charge on any atom is 0.404 e. The monoisotopic (exact) mass is 583 g/mol. The molecule has 1 saturated heterocycles. The Balaban J connectivity index is 1.82. The van der Waals surface area contributed by atoms with Crippen LogP contribution in [0, 0.1) is 5.41 Å². The topological polar surface area (TPSA) is 216 Å². The molecule has 0 bridgehead atoms. The molecular weight excluding hydrogens is 554 g/mol. The van der Waals surface area contributed by atoms with Crippen LogP contribution in [-0.2, 0) is 44.6 Å². The van der Waals surface area contributed by atoms with E-state index in [9.17, 15) is 28.5 Å². The van der Waals surface area contributed by atoms with Crippen LogP contribution < -0.4 is 16.8 Å². The highest BCUT2D eigenvalue weighted by molar-refractivity contribution is 7.92. The van der Waals surface area contributed by atoms with Crippen molar-refractivity contribution in [3.8, 4) is 0 Å². The molecule has 212 valence electrons. The predicted octanol–water partition coefficient (Wildman–Crippen LogP) is 0.374. The van der Waals surface area contributed by atoms with Crippen LogP contribution in [0.4, 0.5) is 9.93 Å². The number of carbonyl (C=O) groups excluding carboxylic acids is 5. The molecule has 0 radical (unpaired) electrons. The number of nitrogens with zero attached hydrogens (tertiary/aromatic N) is 2. The fourth-order valence-corrected chi connectivity index (χ4v) is 5.91. The molecule has 1 unspecified atom stereocenters. The Bertz CT molecular complexity index is 1240. The van der Waals surface area contributed by atoms with Gasteiger partial charge in [-0.3, -0.25) is 19.3 Å². The van der Waals surface area contributed by atoms with Gasteiger partial charge >= 0.3 is 18.0 Å². The van der Waals surface area contributed by atoms with Crippen molar-refractivity contribution in [1.29, 1.82) is 0 Å². The summed E-state index contributed by atoms with van der Waals surface area (Å²) in [6, 6.07) is -1.23. The van der Waals surface area contributed by atoms with Crippen LogP contribution in [0.5, 0.6) is 0 Å². The Hall–Kier alpha value is -3.63. The first-order chi connectivity index (χ1) is 18.3. The molecule has 0 aromatic carbocycles. The van der Waals surface area contributed by atoms with Crippen molar-refractivity contribution in [1.82, 2.24) is 15.2 Å². The molecule has 16 heteroatoms. The van der Waals surface area contributed by atoms with Gasteiger partial charge < -0.3 is 35.5 Å². The van der Waals surface area contributed by atoms with Gasteiger partial charge in [0.15, 0.2) is 11.2 Å². The molecule has 3 atom stereocenters. The zero-order valence-electron chi connectivity index (χ0n) is 21.7. The Kier molecular flexibility index (Phi) is 9.24. The predicted molar refractivity (Wildman–Crippen MR) is 139 cm³/mol. The molecule has 0 aliphatic carbocycles. The van der Waals surface area contributed by atoms with E-state index in [1.165, 1.54) is 0 Å². The summed E-state index contributed by atoms with van der Waals surface area (Å²) in [4.78, 5) is 67.4. The lowest BCUT2D eigenvalue weighted by Crippen LogP contribution is -2.75. The highest BCUT2D eigenvalue weighted by Crippen LogP contribution is 2.37. The van der Waals surface area contributed by atoms with Crippen molar-refractivity contribution in [3.05, 3.63) is 28.4 Å². The molecule has 39 heavy (non-hydrogen) atoms. The van der Waals surface area contributed by atoms with Crippen molar-refractivity contribution >= 4 is 63.1 Å². The second kappa shape index (κ2) is 12.0. The minimum absolute atomic E-state index is 0.0122. The number of rotatable bonds is 9. The summed E-state index contributed by atoms with van der Waals surface area (Å²) in [5, 5.41) is 3.31. The van der Waals surface area contributed by atoms with Gasteiger partial charge in [0, 0.05) is 11.0 Å². The number of nitrogens with two attached hydrogens (primary N) is 2. The van der Waals surface area contributed by atoms with E-state index >= 15 is 0 Å². The lowest BCUT2D eigenvalue weighted by atomic mass is 9.98. The number of ether oxygens (including phenoxy) is 3. The average molecular weight is 584 g/mol. The molecule has 2 aliphatic heterocycles. The number of hydrogen-bond donors (Lipinski definition) is 3. The number of thiazole rings is 1. The number of aromatic nitrogens is 1. The molecule has 3 heterocycles. The summed E-state index contributed by atoms with van der Waals surface area (Å²) < 4.78 is 27.9. The van der Waals surface area contributed by atoms with Crippen molar-refractivity contribution in [2.45, 2.75) is 45.5 Å². The minimum Gasteiger partial charge on any atom is -0.614 e. The quantitative estimate of drug-likeness (QED) is 0.119. The fourth-order valence-electron chi connectivity index (χ4n) is 3.68. The second-order valence-corrected chi connectivity index (χ2v) is 11.9. The van der Waals surface area contributed by atoms with E-state index in [1.807, 2.05) is 6.92 Å². The van der Waals surface area contributed by atoms with Crippen molar-refractivity contribution in [2.24, 2.45) is 11.1 Å². The van der Waals surface area contributed by atoms with E-state index in [0.29, 0.717) is 12.1 Å². The molecule has 0 spiro atoms. The van der Waals surface area contributed by atoms with Gasteiger partial charge in [-0.1, -0.05) is 13.0 Å². The molecule has 1 aromatic heterocycles. The number of carbonyl (C=O) groups is 5. The number of anilines is 1. The van der Waals surface area contributed by atoms with Gasteiger partial charge in [-0.15, -0.1) is 11.3 Å². The highest BCUT2D eigenvalue weighted by Gasteiger charge is 2.61. The maximum absolute atomic E-state index is 13.2. The number of allylic oxidation sites excluding steroid dienone is 1. The Morgan fingerprint density at radius 2 is 1.97 bits per heavy atom. The molecule has 1 fully saturated rings. The van der Waals surface area contributed by atoms with E-state index in [4.69, 9.17) is 25.7 Å². The van der Waals surface area contributed by atoms with Gasteiger partial charge in [-0.25, -0.2) is 14.6 Å². The summed E-state index contributed by atoms with van der Waals surface area (Å²) >= 11 is -0.663. The Labute approximate surface area is 230 Å². The number of nitrogens with one attached hydrogen (secondary N) is 1. The number of nitrogen functional groups attached to an aromatic ring is 1. The Morgan fingerprint density at radius 1 is 1.28 bits per heavy atom. The summed E-state index contributed by atoms with van der Waals surface area (Å²) in [7, 11) is 0. The maximum atomic E-state index is 13.2. The van der Waals surface area contributed by atoms with Crippen LogP contribution in [0.1, 0.15) is 39.8 Å². The van der Waals surface area contributed by atoms with Crippen LogP contribution in [-0.4, -0.2) is 74.9 Å². The van der Waals surface area contributed by atoms with E-state index in [1.54, 1.807) is 32.2 Å². The summed E-state index contributed by atoms with van der Waals surface area (Å²) in [5.41, 5.74) is 10.0. The van der Waals surface area contributed by atoms with Gasteiger partial charge in [-0.05, 0) is 38.4 Å². The van der Waals surface area contributed by atoms with E-state index in [2.05, 4.69) is 10.3 Å².